The molecule has 0 bridgehead atoms. The quantitative estimate of drug-likeness (QED) is 0.791. The molecule has 22 heavy (non-hydrogen) atoms. The van der Waals surface area contributed by atoms with E-state index in [4.69, 9.17) is 4.74 Å². The van der Waals surface area contributed by atoms with Crippen molar-refractivity contribution in [2.75, 3.05) is 17.7 Å². The maximum Gasteiger partial charge on any atom is 0.324 e. The summed E-state index contributed by atoms with van der Waals surface area (Å²) in [4.78, 5) is 12.0. The molecule has 2 rings (SSSR count). The third-order valence-electron chi connectivity index (χ3n) is 3.08. The Kier molecular flexibility index (Phi) is 5.11. The largest absolute Gasteiger partial charge is 0.380 e. The summed E-state index contributed by atoms with van der Waals surface area (Å²) in [6, 6.07) is 5.41. The number of methoxy groups -OCH3 is 1. The van der Waals surface area contributed by atoms with Crippen LogP contribution in [0.2, 0.25) is 0 Å². The Bertz CT molecular complexity index is 655. The van der Waals surface area contributed by atoms with Gasteiger partial charge in [-0.25, -0.2) is 9.18 Å². The second-order valence-corrected chi connectivity index (χ2v) is 5.18. The molecule has 118 valence electrons. The first kappa shape index (κ1) is 16.0. The van der Waals surface area contributed by atoms with Gasteiger partial charge in [0.2, 0.25) is 0 Å². The SMILES string of the molecule is COCc1cc(F)ccc1NC(=O)Nc1cc(C(C)C)[nH]n1. The number of aromatic amines is 1. The number of nitrogens with one attached hydrogen (secondary N) is 3. The molecular formula is C15H19FN4O2. The zero-order valence-electron chi connectivity index (χ0n) is 12.7. The molecule has 0 aliphatic rings. The number of urea groups is 1. The summed E-state index contributed by atoms with van der Waals surface area (Å²) in [5.41, 5.74) is 1.97. The molecule has 0 saturated heterocycles. The molecule has 0 aliphatic carbocycles. The summed E-state index contributed by atoms with van der Waals surface area (Å²) in [5.74, 6) is 0.333. The lowest BCUT2D eigenvalue weighted by atomic mass is 10.1. The first-order valence-corrected chi connectivity index (χ1v) is 6.90. The minimum Gasteiger partial charge on any atom is -0.380 e. The zero-order chi connectivity index (χ0) is 16.1. The van der Waals surface area contributed by atoms with Crippen molar-refractivity contribution in [2.45, 2.75) is 26.4 Å². The van der Waals surface area contributed by atoms with Crippen LogP contribution in [0.4, 0.5) is 20.7 Å². The van der Waals surface area contributed by atoms with Crippen LogP contribution in [-0.4, -0.2) is 23.3 Å². The Labute approximate surface area is 128 Å². The van der Waals surface area contributed by atoms with Gasteiger partial charge in [0, 0.05) is 30.1 Å². The smallest absolute Gasteiger partial charge is 0.324 e. The van der Waals surface area contributed by atoms with Gasteiger partial charge in [0.15, 0.2) is 5.82 Å². The highest BCUT2D eigenvalue weighted by Gasteiger charge is 2.11. The fraction of sp³-hybridized carbons (Fsp3) is 0.333. The zero-order valence-corrected chi connectivity index (χ0v) is 12.7. The number of halogens is 1. The summed E-state index contributed by atoms with van der Waals surface area (Å²) >= 11 is 0. The molecule has 0 saturated carbocycles. The van der Waals surface area contributed by atoms with Crippen LogP contribution in [0.15, 0.2) is 24.3 Å². The number of rotatable bonds is 5. The minimum absolute atomic E-state index is 0.202. The van der Waals surface area contributed by atoms with Crippen LogP contribution < -0.4 is 10.6 Å². The topological polar surface area (TPSA) is 79.0 Å². The van der Waals surface area contributed by atoms with Crippen LogP contribution in [0.3, 0.4) is 0 Å². The molecule has 1 aromatic carbocycles. The fourth-order valence-electron chi connectivity index (χ4n) is 1.93. The molecule has 3 N–H and O–H groups in total. The average molecular weight is 306 g/mol. The lowest BCUT2D eigenvalue weighted by molar-refractivity contribution is 0.185. The summed E-state index contributed by atoms with van der Waals surface area (Å²) < 4.78 is 18.2. The molecule has 6 nitrogen and oxygen atoms in total. The Hall–Kier alpha value is -2.41. The maximum absolute atomic E-state index is 13.2. The van der Waals surface area contributed by atoms with E-state index in [1.54, 1.807) is 6.07 Å². The summed E-state index contributed by atoms with van der Waals surface area (Å²) in [6.45, 7) is 4.24. The molecule has 0 spiro atoms. The highest BCUT2D eigenvalue weighted by atomic mass is 19.1. The lowest BCUT2D eigenvalue weighted by Gasteiger charge is -2.10. The van der Waals surface area contributed by atoms with Crippen molar-refractivity contribution in [1.82, 2.24) is 10.2 Å². The number of carbonyl (C=O) groups is 1. The Morgan fingerprint density at radius 1 is 1.36 bits per heavy atom. The highest BCUT2D eigenvalue weighted by molar-refractivity contribution is 5.99. The summed E-state index contributed by atoms with van der Waals surface area (Å²) in [7, 11) is 1.51. The average Bonchev–Trinajstić information content (AvgIpc) is 2.91. The number of nitrogens with zero attached hydrogens (tertiary/aromatic N) is 1. The van der Waals surface area contributed by atoms with Crippen LogP contribution in [-0.2, 0) is 11.3 Å². The number of aromatic nitrogens is 2. The molecule has 2 amide bonds. The first-order chi connectivity index (χ1) is 10.5. The van der Waals surface area contributed by atoms with E-state index in [-0.39, 0.29) is 18.3 Å². The number of amides is 2. The van der Waals surface area contributed by atoms with Gasteiger partial charge in [-0.2, -0.15) is 5.10 Å². The Morgan fingerprint density at radius 3 is 2.77 bits per heavy atom. The molecule has 0 atom stereocenters. The fourth-order valence-corrected chi connectivity index (χ4v) is 1.93. The predicted octanol–water partition coefficient (Wildman–Crippen LogP) is 3.46. The monoisotopic (exact) mass is 306 g/mol. The van der Waals surface area contributed by atoms with E-state index in [0.29, 0.717) is 17.1 Å². The van der Waals surface area contributed by atoms with Crippen molar-refractivity contribution in [3.05, 3.63) is 41.3 Å². The van der Waals surface area contributed by atoms with Crippen molar-refractivity contribution in [1.29, 1.82) is 0 Å². The number of anilines is 2. The van der Waals surface area contributed by atoms with Gasteiger partial charge in [0.05, 0.1) is 6.61 Å². The third kappa shape index (κ3) is 4.05. The molecule has 0 radical (unpaired) electrons. The molecule has 0 aliphatic heterocycles. The van der Waals surface area contributed by atoms with Crippen molar-refractivity contribution in [3.63, 3.8) is 0 Å². The van der Waals surface area contributed by atoms with Gasteiger partial charge in [-0.1, -0.05) is 13.8 Å². The first-order valence-electron chi connectivity index (χ1n) is 6.90. The Morgan fingerprint density at radius 2 is 2.14 bits per heavy atom. The van der Waals surface area contributed by atoms with Gasteiger partial charge in [-0.15, -0.1) is 0 Å². The molecule has 0 fully saturated rings. The normalized spacial score (nSPS) is 10.8. The standard InChI is InChI=1S/C15H19FN4O2/c1-9(2)13-7-14(20-19-13)18-15(21)17-12-5-4-11(16)6-10(12)8-22-3/h4-7,9H,8H2,1-3H3,(H3,17,18,19,20,21). The van der Waals surface area contributed by atoms with Gasteiger partial charge in [0.25, 0.3) is 0 Å². The Balaban J connectivity index is 2.05. The van der Waals surface area contributed by atoms with Crippen LogP contribution in [0.25, 0.3) is 0 Å². The lowest BCUT2D eigenvalue weighted by Crippen LogP contribution is -2.20. The van der Waals surface area contributed by atoms with Crippen LogP contribution >= 0.6 is 0 Å². The number of carbonyl (C=O) groups excluding carboxylic acids is 1. The van der Waals surface area contributed by atoms with Gasteiger partial charge < -0.3 is 10.1 Å². The van der Waals surface area contributed by atoms with Crippen LogP contribution in [0.1, 0.15) is 31.0 Å². The van der Waals surface area contributed by atoms with Crippen molar-refractivity contribution in [3.8, 4) is 0 Å². The molecule has 1 aromatic heterocycles. The van der Waals surface area contributed by atoms with E-state index in [1.165, 1.54) is 25.3 Å². The maximum atomic E-state index is 13.2. The number of hydrogen-bond acceptors (Lipinski definition) is 3. The van der Waals surface area contributed by atoms with E-state index < -0.39 is 6.03 Å². The molecular weight excluding hydrogens is 287 g/mol. The van der Waals surface area contributed by atoms with E-state index in [1.807, 2.05) is 13.8 Å². The van der Waals surface area contributed by atoms with Crippen LogP contribution in [0.5, 0.6) is 0 Å². The minimum atomic E-state index is -0.453. The van der Waals surface area contributed by atoms with Crippen molar-refractivity contribution in [2.24, 2.45) is 0 Å². The molecule has 2 aromatic rings. The number of H-pyrrole nitrogens is 1. The summed E-state index contributed by atoms with van der Waals surface area (Å²) in [6.07, 6.45) is 0. The van der Waals surface area contributed by atoms with E-state index in [0.717, 1.165) is 5.69 Å². The molecule has 0 unspecified atom stereocenters. The van der Waals surface area contributed by atoms with Gasteiger partial charge in [-0.3, -0.25) is 10.4 Å². The highest BCUT2D eigenvalue weighted by Crippen LogP contribution is 2.19. The second-order valence-electron chi connectivity index (χ2n) is 5.18. The van der Waals surface area contributed by atoms with Crippen molar-refractivity contribution >= 4 is 17.5 Å². The number of ether oxygens (including phenoxy) is 1. The van der Waals surface area contributed by atoms with Crippen LogP contribution in [0, 0.1) is 5.82 Å². The third-order valence-corrected chi connectivity index (χ3v) is 3.08. The van der Waals surface area contributed by atoms with Gasteiger partial charge in [0.1, 0.15) is 5.82 Å². The second kappa shape index (κ2) is 7.04. The van der Waals surface area contributed by atoms with E-state index in [2.05, 4.69) is 20.8 Å². The van der Waals surface area contributed by atoms with Gasteiger partial charge >= 0.3 is 6.03 Å². The van der Waals surface area contributed by atoms with Crippen molar-refractivity contribution < 1.29 is 13.9 Å². The summed E-state index contributed by atoms with van der Waals surface area (Å²) in [5, 5.41) is 12.1. The van der Waals surface area contributed by atoms with Gasteiger partial charge in [-0.05, 0) is 24.1 Å². The molecule has 1 heterocycles. The van der Waals surface area contributed by atoms with E-state index >= 15 is 0 Å². The molecule has 7 heteroatoms. The predicted molar refractivity (Wildman–Crippen MR) is 82.4 cm³/mol. The number of benzene rings is 1. The number of hydrogen-bond donors (Lipinski definition) is 3. The van der Waals surface area contributed by atoms with E-state index in [9.17, 15) is 9.18 Å².